The second-order valence-electron chi connectivity index (χ2n) is 7.84. The van der Waals surface area contributed by atoms with E-state index >= 15 is 0 Å². The number of carbonyl (C=O) groups excluding carboxylic acids is 1. The summed E-state index contributed by atoms with van der Waals surface area (Å²) in [4.78, 5) is 13.3. The molecule has 2 aromatic carbocycles. The lowest BCUT2D eigenvalue weighted by atomic mass is 10.1. The normalized spacial score (nSPS) is 10.9. The van der Waals surface area contributed by atoms with E-state index in [1.54, 1.807) is 10.9 Å². The number of hydrogen-bond acceptors (Lipinski definition) is 4. The number of amides is 1. The topological polar surface area (TPSA) is 56.1 Å². The first-order valence-electron chi connectivity index (χ1n) is 10.2. The predicted molar refractivity (Wildman–Crippen MR) is 133 cm³/mol. The van der Waals surface area contributed by atoms with Gasteiger partial charge in [-0.3, -0.25) is 9.48 Å². The molecule has 0 bridgehead atoms. The highest BCUT2D eigenvalue weighted by atomic mass is 79.9. The molecule has 0 radical (unpaired) electrons. The molecule has 0 unspecified atom stereocenters. The Morgan fingerprint density at radius 3 is 2.53 bits per heavy atom. The largest absolute Gasteiger partial charge is 0.488 e. The van der Waals surface area contributed by atoms with Crippen LogP contribution in [-0.4, -0.2) is 15.7 Å². The van der Waals surface area contributed by atoms with Crippen molar-refractivity contribution in [1.29, 1.82) is 0 Å². The Hall–Kier alpha value is -2.90. The van der Waals surface area contributed by atoms with Gasteiger partial charge < -0.3 is 10.1 Å². The zero-order chi connectivity index (χ0) is 22.7. The number of ether oxygens (including phenoxy) is 1. The molecule has 4 rings (SSSR count). The fourth-order valence-corrected chi connectivity index (χ4v) is 4.66. The van der Waals surface area contributed by atoms with E-state index in [4.69, 9.17) is 4.74 Å². The van der Waals surface area contributed by atoms with Gasteiger partial charge in [-0.15, -0.1) is 11.3 Å². The van der Waals surface area contributed by atoms with Crippen molar-refractivity contribution in [3.63, 3.8) is 0 Å². The molecule has 164 valence electrons. The van der Waals surface area contributed by atoms with E-state index < -0.39 is 0 Å². The first-order valence-corrected chi connectivity index (χ1v) is 11.9. The van der Waals surface area contributed by atoms with E-state index in [1.165, 1.54) is 16.9 Å². The van der Waals surface area contributed by atoms with Crippen molar-refractivity contribution < 1.29 is 9.53 Å². The molecule has 32 heavy (non-hydrogen) atoms. The van der Waals surface area contributed by atoms with Crippen molar-refractivity contribution in [3.8, 4) is 5.75 Å². The van der Waals surface area contributed by atoms with Gasteiger partial charge in [0.2, 0.25) is 0 Å². The molecule has 2 aromatic heterocycles. The number of carbonyl (C=O) groups is 1. The van der Waals surface area contributed by atoms with E-state index in [1.807, 2.05) is 41.9 Å². The molecule has 0 saturated heterocycles. The van der Waals surface area contributed by atoms with Gasteiger partial charge in [0.25, 0.3) is 5.91 Å². The van der Waals surface area contributed by atoms with Crippen LogP contribution in [0.4, 0.5) is 5.69 Å². The van der Waals surface area contributed by atoms with E-state index in [2.05, 4.69) is 59.2 Å². The van der Waals surface area contributed by atoms with Crippen molar-refractivity contribution >= 4 is 38.9 Å². The van der Waals surface area contributed by atoms with E-state index in [-0.39, 0.29) is 5.91 Å². The van der Waals surface area contributed by atoms with Gasteiger partial charge in [0.15, 0.2) is 0 Å². The second-order valence-corrected chi connectivity index (χ2v) is 9.67. The third kappa shape index (κ3) is 5.47. The lowest BCUT2D eigenvalue weighted by molar-refractivity contribution is 0.103. The summed E-state index contributed by atoms with van der Waals surface area (Å²) in [5.41, 5.74) is 6.25. The monoisotopic (exact) mass is 509 g/mol. The zero-order valence-corrected chi connectivity index (χ0v) is 20.6. The number of anilines is 1. The van der Waals surface area contributed by atoms with Crippen molar-refractivity contribution in [1.82, 2.24) is 9.78 Å². The van der Waals surface area contributed by atoms with Gasteiger partial charge in [-0.05, 0) is 61.0 Å². The molecule has 0 aliphatic carbocycles. The Morgan fingerprint density at radius 2 is 1.81 bits per heavy atom. The van der Waals surface area contributed by atoms with Crippen molar-refractivity contribution in [2.75, 3.05) is 5.32 Å². The Morgan fingerprint density at radius 1 is 1.09 bits per heavy atom. The number of benzene rings is 2. The van der Waals surface area contributed by atoms with Gasteiger partial charge in [-0.25, -0.2) is 0 Å². The summed E-state index contributed by atoms with van der Waals surface area (Å²) >= 11 is 4.85. The minimum absolute atomic E-state index is 0.146. The number of halogens is 1. The molecule has 1 N–H and O–H groups in total. The highest BCUT2D eigenvalue weighted by Crippen LogP contribution is 2.26. The number of nitrogens with one attached hydrogen (secondary N) is 1. The van der Waals surface area contributed by atoms with E-state index in [0.29, 0.717) is 23.7 Å². The average molecular weight is 510 g/mol. The Bertz CT molecular complexity index is 1220. The van der Waals surface area contributed by atoms with Crippen LogP contribution in [0.3, 0.4) is 0 Å². The lowest BCUT2D eigenvalue weighted by Crippen LogP contribution is -2.09. The third-order valence-corrected chi connectivity index (χ3v) is 6.52. The van der Waals surface area contributed by atoms with Crippen LogP contribution in [0.1, 0.15) is 37.5 Å². The first kappa shape index (κ1) is 22.3. The van der Waals surface area contributed by atoms with Crippen LogP contribution < -0.4 is 10.1 Å². The summed E-state index contributed by atoms with van der Waals surface area (Å²) in [6.07, 6.45) is 3.50. The van der Waals surface area contributed by atoms with Crippen LogP contribution in [0.15, 0.2) is 64.7 Å². The molecule has 0 atom stereocenters. The number of nitrogens with zero attached hydrogens (tertiary/aromatic N) is 2. The van der Waals surface area contributed by atoms with Crippen LogP contribution in [-0.2, 0) is 13.2 Å². The van der Waals surface area contributed by atoms with Crippen molar-refractivity contribution in [2.24, 2.45) is 0 Å². The van der Waals surface area contributed by atoms with Crippen LogP contribution >= 0.6 is 27.3 Å². The first-order chi connectivity index (χ1) is 15.4. The summed E-state index contributed by atoms with van der Waals surface area (Å²) in [6, 6.07) is 14.2. The fourth-order valence-electron chi connectivity index (χ4n) is 3.60. The quantitative estimate of drug-likeness (QED) is 0.308. The highest BCUT2D eigenvalue weighted by molar-refractivity contribution is 9.10. The molecule has 4 aromatic rings. The SMILES string of the molecule is Cc1cc(C)c(OCc2csc(C(=O)Nc3cnn(Cc4ccc(Br)cc4)c3)c2)c(C)c1. The van der Waals surface area contributed by atoms with Crippen LogP contribution in [0.2, 0.25) is 0 Å². The second kappa shape index (κ2) is 9.71. The van der Waals surface area contributed by atoms with E-state index in [0.717, 1.165) is 32.5 Å². The van der Waals surface area contributed by atoms with Crippen molar-refractivity contribution in [3.05, 3.63) is 97.4 Å². The summed E-state index contributed by atoms with van der Waals surface area (Å²) in [7, 11) is 0. The van der Waals surface area contributed by atoms with Gasteiger partial charge >= 0.3 is 0 Å². The molecule has 2 heterocycles. The standard InChI is InChI=1S/C25H24BrN3O2S/c1-16-8-17(2)24(18(3)9-16)31-14-20-10-23(32-15-20)25(30)28-22-11-27-29(13-22)12-19-4-6-21(26)7-5-19/h4-11,13,15H,12,14H2,1-3H3,(H,28,30). The Labute approximate surface area is 200 Å². The molecule has 5 nitrogen and oxygen atoms in total. The Balaban J connectivity index is 1.35. The molecular formula is C25H24BrN3O2S. The molecule has 0 aliphatic heterocycles. The number of rotatable bonds is 7. The molecule has 0 aliphatic rings. The molecule has 0 spiro atoms. The minimum atomic E-state index is -0.146. The fraction of sp³-hybridized carbons (Fsp3) is 0.200. The maximum Gasteiger partial charge on any atom is 0.265 e. The average Bonchev–Trinajstić information content (AvgIpc) is 3.38. The molecular weight excluding hydrogens is 486 g/mol. The zero-order valence-electron chi connectivity index (χ0n) is 18.2. The molecule has 1 amide bonds. The summed E-state index contributed by atoms with van der Waals surface area (Å²) < 4.78 is 8.89. The number of aromatic nitrogens is 2. The molecule has 7 heteroatoms. The highest BCUT2D eigenvalue weighted by Gasteiger charge is 2.12. The maximum atomic E-state index is 12.7. The van der Waals surface area contributed by atoms with Crippen molar-refractivity contribution in [2.45, 2.75) is 33.9 Å². The van der Waals surface area contributed by atoms with Gasteiger partial charge in [-0.1, -0.05) is 45.8 Å². The van der Waals surface area contributed by atoms with E-state index in [9.17, 15) is 4.79 Å². The Kier molecular flexibility index (Phi) is 6.77. The molecule has 0 saturated carbocycles. The number of thiophene rings is 1. The minimum Gasteiger partial charge on any atom is -0.488 e. The van der Waals surface area contributed by atoms with Crippen LogP contribution in [0.5, 0.6) is 5.75 Å². The van der Waals surface area contributed by atoms with Crippen LogP contribution in [0.25, 0.3) is 0 Å². The predicted octanol–water partition coefficient (Wildman–Crippen LogP) is 6.51. The summed E-state index contributed by atoms with van der Waals surface area (Å²) in [5, 5.41) is 9.23. The molecule has 0 fully saturated rings. The van der Waals surface area contributed by atoms with Gasteiger partial charge in [-0.2, -0.15) is 5.10 Å². The number of hydrogen-bond donors (Lipinski definition) is 1. The number of aryl methyl sites for hydroxylation is 3. The summed E-state index contributed by atoms with van der Waals surface area (Å²) in [5.74, 6) is 0.762. The van der Waals surface area contributed by atoms with Gasteiger partial charge in [0.05, 0.1) is 23.3 Å². The van der Waals surface area contributed by atoms with Gasteiger partial charge in [0, 0.05) is 16.2 Å². The van der Waals surface area contributed by atoms with Gasteiger partial charge in [0.1, 0.15) is 12.4 Å². The van der Waals surface area contributed by atoms with Crippen LogP contribution in [0, 0.1) is 20.8 Å². The maximum absolute atomic E-state index is 12.7. The third-order valence-electron chi connectivity index (χ3n) is 5.01. The summed E-state index contributed by atoms with van der Waals surface area (Å²) in [6.45, 7) is 7.26. The smallest absolute Gasteiger partial charge is 0.265 e. The lowest BCUT2D eigenvalue weighted by Gasteiger charge is -2.12.